The number of carboxylic acids is 1. The quantitative estimate of drug-likeness (QED) is 0.412. The van der Waals surface area contributed by atoms with E-state index in [-0.39, 0.29) is 18.3 Å². The predicted molar refractivity (Wildman–Crippen MR) is 137 cm³/mol. The molecule has 0 bridgehead atoms. The molecule has 36 heavy (non-hydrogen) atoms. The zero-order valence-electron chi connectivity index (χ0n) is 20.6. The number of aromatic nitrogens is 2. The van der Waals surface area contributed by atoms with E-state index in [2.05, 4.69) is 26.7 Å². The fraction of sp³-hybridized carbons (Fsp3) is 0.414. The lowest BCUT2D eigenvalue weighted by Gasteiger charge is -2.38. The second kappa shape index (κ2) is 12.5. The van der Waals surface area contributed by atoms with Gasteiger partial charge in [-0.15, -0.1) is 0 Å². The standard InChI is InChI=1S/C29H32FN3O3/c1-36-24-6-8-28-26(19-24)25(12-16-32-28)27(30)7-4-22-13-18-33(20-23(22)5-9-29(34)35)17-2-3-21-10-14-31-15-11-21/h6,8,10-12,14-16,19,22-23,27H,4-5,7,9,13,17-18,20H2,1H3,(H,34,35)/t22-,23+,27?/m1/s1. The molecule has 2 aromatic heterocycles. The summed E-state index contributed by atoms with van der Waals surface area (Å²) in [5.41, 5.74) is 2.30. The first-order valence-electron chi connectivity index (χ1n) is 12.4. The molecule has 4 rings (SSSR count). The Balaban J connectivity index is 1.39. The maximum absolute atomic E-state index is 15.5. The molecule has 1 fully saturated rings. The van der Waals surface area contributed by atoms with Gasteiger partial charge in [0.15, 0.2) is 0 Å². The highest BCUT2D eigenvalue weighted by molar-refractivity contribution is 5.83. The van der Waals surface area contributed by atoms with Crippen LogP contribution in [0.25, 0.3) is 10.9 Å². The van der Waals surface area contributed by atoms with Gasteiger partial charge in [-0.1, -0.05) is 11.8 Å². The van der Waals surface area contributed by atoms with Gasteiger partial charge in [-0.3, -0.25) is 19.7 Å². The van der Waals surface area contributed by atoms with Crippen LogP contribution in [-0.2, 0) is 4.79 Å². The summed E-state index contributed by atoms with van der Waals surface area (Å²) >= 11 is 0. The van der Waals surface area contributed by atoms with Crippen LogP contribution in [0.15, 0.2) is 55.0 Å². The van der Waals surface area contributed by atoms with Crippen molar-refractivity contribution in [2.24, 2.45) is 11.8 Å². The Morgan fingerprint density at radius 2 is 2.03 bits per heavy atom. The third-order valence-corrected chi connectivity index (χ3v) is 7.03. The van der Waals surface area contributed by atoms with E-state index in [4.69, 9.17) is 4.74 Å². The predicted octanol–water partition coefficient (Wildman–Crippen LogP) is 5.28. The molecule has 0 spiro atoms. The number of ether oxygens (including phenoxy) is 1. The van der Waals surface area contributed by atoms with Crippen molar-refractivity contribution >= 4 is 16.9 Å². The minimum absolute atomic E-state index is 0.130. The molecule has 3 heterocycles. The zero-order chi connectivity index (χ0) is 25.3. The van der Waals surface area contributed by atoms with Gasteiger partial charge < -0.3 is 9.84 Å². The van der Waals surface area contributed by atoms with Crippen LogP contribution in [0.4, 0.5) is 4.39 Å². The van der Waals surface area contributed by atoms with Gasteiger partial charge in [-0.2, -0.15) is 0 Å². The Labute approximate surface area is 211 Å². The fourth-order valence-corrected chi connectivity index (χ4v) is 5.07. The first kappa shape index (κ1) is 25.6. The van der Waals surface area contributed by atoms with Crippen molar-refractivity contribution in [1.82, 2.24) is 14.9 Å². The van der Waals surface area contributed by atoms with E-state index in [0.717, 1.165) is 42.4 Å². The van der Waals surface area contributed by atoms with E-state index in [0.29, 0.717) is 30.7 Å². The Morgan fingerprint density at radius 3 is 2.81 bits per heavy atom. The number of likely N-dealkylation sites (tertiary alicyclic amines) is 1. The monoisotopic (exact) mass is 489 g/mol. The molecule has 1 unspecified atom stereocenters. The zero-order valence-corrected chi connectivity index (χ0v) is 20.6. The van der Waals surface area contributed by atoms with Crippen LogP contribution in [-0.4, -0.2) is 52.7 Å². The first-order valence-corrected chi connectivity index (χ1v) is 12.4. The van der Waals surface area contributed by atoms with Gasteiger partial charge in [0.2, 0.25) is 0 Å². The largest absolute Gasteiger partial charge is 0.497 e. The summed E-state index contributed by atoms with van der Waals surface area (Å²) in [6, 6.07) is 11.0. The molecule has 0 amide bonds. The van der Waals surface area contributed by atoms with Crippen LogP contribution in [0.2, 0.25) is 0 Å². The minimum atomic E-state index is -1.12. The lowest BCUT2D eigenvalue weighted by molar-refractivity contribution is -0.137. The van der Waals surface area contributed by atoms with Gasteiger partial charge in [0, 0.05) is 42.5 Å². The van der Waals surface area contributed by atoms with E-state index in [1.165, 1.54) is 0 Å². The van der Waals surface area contributed by atoms with Crippen LogP contribution in [0.3, 0.4) is 0 Å². The van der Waals surface area contributed by atoms with Crippen LogP contribution >= 0.6 is 0 Å². The number of halogens is 1. The van der Waals surface area contributed by atoms with Crippen LogP contribution in [0.5, 0.6) is 5.75 Å². The molecule has 0 aliphatic carbocycles. The van der Waals surface area contributed by atoms with Crippen LogP contribution in [0.1, 0.15) is 49.4 Å². The maximum atomic E-state index is 15.5. The molecule has 6 nitrogen and oxygen atoms in total. The number of carbonyl (C=O) groups is 1. The number of methoxy groups -OCH3 is 1. The third-order valence-electron chi connectivity index (χ3n) is 7.03. The average molecular weight is 490 g/mol. The second-order valence-corrected chi connectivity index (χ2v) is 9.34. The molecular formula is C29H32FN3O3. The maximum Gasteiger partial charge on any atom is 0.303 e. The number of aliphatic carboxylic acids is 1. The van der Waals surface area contributed by atoms with Crippen molar-refractivity contribution in [3.63, 3.8) is 0 Å². The Morgan fingerprint density at radius 1 is 1.19 bits per heavy atom. The molecule has 0 radical (unpaired) electrons. The average Bonchev–Trinajstić information content (AvgIpc) is 2.91. The lowest BCUT2D eigenvalue weighted by Crippen LogP contribution is -2.41. The number of hydrogen-bond acceptors (Lipinski definition) is 5. The van der Waals surface area contributed by atoms with Crippen molar-refractivity contribution in [2.75, 3.05) is 26.7 Å². The molecule has 1 aliphatic rings. The van der Waals surface area contributed by atoms with Crippen molar-refractivity contribution in [3.05, 3.63) is 66.1 Å². The van der Waals surface area contributed by atoms with Gasteiger partial charge in [0.05, 0.1) is 19.2 Å². The topological polar surface area (TPSA) is 75.5 Å². The molecule has 188 valence electrons. The van der Waals surface area contributed by atoms with E-state index >= 15 is 4.39 Å². The molecule has 3 atom stereocenters. The SMILES string of the molecule is COc1ccc2nccc(C(F)CC[C@@H]3CCN(CC#Cc4ccncc4)C[C@@H]3CCC(=O)O)c2c1. The van der Waals surface area contributed by atoms with E-state index in [9.17, 15) is 9.90 Å². The van der Waals surface area contributed by atoms with E-state index in [1.807, 2.05) is 30.3 Å². The summed E-state index contributed by atoms with van der Waals surface area (Å²) in [6.07, 6.45) is 6.74. The lowest BCUT2D eigenvalue weighted by atomic mass is 9.79. The van der Waals surface area contributed by atoms with Gasteiger partial charge >= 0.3 is 5.97 Å². The Hall–Kier alpha value is -3.50. The third kappa shape index (κ3) is 6.79. The summed E-state index contributed by atoms with van der Waals surface area (Å²) < 4.78 is 20.8. The van der Waals surface area contributed by atoms with Crippen molar-refractivity contribution in [2.45, 2.75) is 38.3 Å². The molecule has 1 aliphatic heterocycles. The number of piperidine rings is 1. The summed E-state index contributed by atoms with van der Waals surface area (Å²) in [5, 5.41) is 10.0. The van der Waals surface area contributed by atoms with Crippen LogP contribution < -0.4 is 4.74 Å². The number of pyridine rings is 2. The number of carboxylic acid groups (broad SMARTS) is 1. The normalized spacial score (nSPS) is 18.8. The molecular weight excluding hydrogens is 457 g/mol. The fourth-order valence-electron chi connectivity index (χ4n) is 5.07. The number of nitrogens with zero attached hydrogens (tertiary/aromatic N) is 3. The minimum Gasteiger partial charge on any atom is -0.497 e. The highest BCUT2D eigenvalue weighted by Crippen LogP contribution is 2.36. The number of alkyl halides is 1. The number of benzene rings is 1. The van der Waals surface area contributed by atoms with Gasteiger partial charge in [0.1, 0.15) is 11.9 Å². The molecule has 3 aromatic rings. The van der Waals surface area contributed by atoms with Crippen molar-refractivity contribution < 1.29 is 19.0 Å². The number of rotatable bonds is 9. The summed E-state index contributed by atoms with van der Waals surface area (Å²) in [6.45, 7) is 2.30. The summed E-state index contributed by atoms with van der Waals surface area (Å²) in [4.78, 5) is 21.9. The van der Waals surface area contributed by atoms with E-state index < -0.39 is 12.1 Å². The highest BCUT2D eigenvalue weighted by Gasteiger charge is 2.30. The van der Waals surface area contributed by atoms with Gasteiger partial charge in [-0.25, -0.2) is 4.39 Å². The highest BCUT2D eigenvalue weighted by atomic mass is 19.1. The van der Waals surface area contributed by atoms with Crippen LogP contribution in [0, 0.1) is 23.7 Å². The van der Waals surface area contributed by atoms with E-state index in [1.54, 1.807) is 31.8 Å². The molecule has 1 saturated heterocycles. The van der Waals surface area contributed by atoms with Gasteiger partial charge in [-0.05, 0) is 86.0 Å². The molecule has 7 heteroatoms. The number of hydrogen-bond donors (Lipinski definition) is 1. The number of fused-ring (bicyclic) bond motifs is 1. The summed E-state index contributed by atoms with van der Waals surface area (Å²) in [5.74, 6) is 6.77. The smallest absolute Gasteiger partial charge is 0.303 e. The second-order valence-electron chi connectivity index (χ2n) is 9.34. The van der Waals surface area contributed by atoms with Crippen molar-refractivity contribution in [3.8, 4) is 17.6 Å². The first-order chi connectivity index (χ1) is 17.5. The Kier molecular flexibility index (Phi) is 8.85. The summed E-state index contributed by atoms with van der Waals surface area (Å²) in [7, 11) is 1.60. The molecule has 1 N–H and O–H groups in total. The Bertz CT molecular complexity index is 1220. The van der Waals surface area contributed by atoms with Crippen molar-refractivity contribution in [1.29, 1.82) is 0 Å². The molecule has 0 saturated carbocycles. The van der Waals surface area contributed by atoms with Gasteiger partial charge in [0.25, 0.3) is 0 Å². The molecule has 1 aromatic carbocycles.